The molecule has 2 aromatic carbocycles. The molecule has 0 unspecified atom stereocenters. The van der Waals surface area contributed by atoms with Gasteiger partial charge in [0.15, 0.2) is 0 Å². The predicted molar refractivity (Wildman–Crippen MR) is 91.9 cm³/mol. The average Bonchev–Trinajstić information content (AvgIpc) is 2.59. The van der Waals surface area contributed by atoms with Gasteiger partial charge in [0.1, 0.15) is 12.2 Å². The van der Waals surface area contributed by atoms with Gasteiger partial charge in [-0.1, -0.05) is 30.3 Å². The summed E-state index contributed by atoms with van der Waals surface area (Å²) >= 11 is 0. The molecular weight excluding hydrogens is 321 g/mol. The molecule has 0 aliphatic rings. The number of aryl methyl sites for hydroxylation is 1. The lowest BCUT2D eigenvalue weighted by Crippen LogP contribution is -2.24. The second-order valence-electron chi connectivity index (χ2n) is 5.45. The maximum Gasteiger partial charge on any atom is 0.238 e. The van der Waals surface area contributed by atoms with Crippen LogP contribution in [0.4, 0.5) is 10.1 Å². The van der Waals surface area contributed by atoms with Gasteiger partial charge in [-0.15, -0.1) is 0 Å². The number of anilines is 1. The SMILES string of the molecule is N#CCC(=O)Nc1ccccc1CNC(=O)CCc1cccc(F)c1. The molecule has 2 aromatic rings. The smallest absolute Gasteiger partial charge is 0.238 e. The molecule has 2 rings (SSSR count). The monoisotopic (exact) mass is 339 g/mol. The third-order valence-corrected chi connectivity index (χ3v) is 3.54. The van der Waals surface area contributed by atoms with E-state index in [4.69, 9.17) is 5.26 Å². The fraction of sp³-hybridized carbons (Fsp3) is 0.211. The van der Waals surface area contributed by atoms with Crippen molar-refractivity contribution in [3.05, 3.63) is 65.5 Å². The summed E-state index contributed by atoms with van der Waals surface area (Å²) in [6, 6.07) is 15.0. The maximum absolute atomic E-state index is 13.1. The van der Waals surface area contributed by atoms with E-state index in [1.54, 1.807) is 42.5 Å². The highest BCUT2D eigenvalue weighted by atomic mass is 19.1. The number of para-hydroxylation sites is 1. The molecule has 0 radical (unpaired) electrons. The average molecular weight is 339 g/mol. The minimum atomic E-state index is -0.396. The Kier molecular flexibility index (Phi) is 6.66. The molecule has 2 N–H and O–H groups in total. The summed E-state index contributed by atoms with van der Waals surface area (Å²) in [5.74, 6) is -0.880. The molecular formula is C19H18FN3O2. The summed E-state index contributed by atoms with van der Waals surface area (Å²) in [7, 11) is 0. The van der Waals surface area contributed by atoms with Crippen molar-refractivity contribution >= 4 is 17.5 Å². The number of benzene rings is 2. The standard InChI is InChI=1S/C19H18FN3O2/c20-16-6-3-4-14(12-16)8-9-18(24)22-13-15-5-1-2-7-17(15)23-19(25)10-11-21/h1-7,12H,8-10,13H2,(H,22,24)(H,23,25). The number of carbonyl (C=O) groups excluding carboxylic acids is 2. The minimum absolute atomic E-state index is 0.164. The first-order valence-electron chi connectivity index (χ1n) is 7.84. The highest BCUT2D eigenvalue weighted by Gasteiger charge is 2.08. The van der Waals surface area contributed by atoms with Crippen molar-refractivity contribution in [1.82, 2.24) is 5.32 Å². The number of carbonyl (C=O) groups is 2. The van der Waals surface area contributed by atoms with Crippen molar-refractivity contribution in [2.45, 2.75) is 25.8 Å². The number of hydrogen-bond donors (Lipinski definition) is 2. The van der Waals surface area contributed by atoms with Crippen LogP contribution >= 0.6 is 0 Å². The normalized spacial score (nSPS) is 9.92. The van der Waals surface area contributed by atoms with Gasteiger partial charge in [-0.2, -0.15) is 5.26 Å². The van der Waals surface area contributed by atoms with E-state index in [1.807, 2.05) is 0 Å². The van der Waals surface area contributed by atoms with Gasteiger partial charge in [0, 0.05) is 18.7 Å². The van der Waals surface area contributed by atoms with Crippen molar-refractivity contribution in [2.24, 2.45) is 0 Å². The summed E-state index contributed by atoms with van der Waals surface area (Å²) in [6.45, 7) is 0.255. The van der Waals surface area contributed by atoms with Crippen LogP contribution in [0.15, 0.2) is 48.5 Å². The Bertz CT molecular complexity index is 799. The minimum Gasteiger partial charge on any atom is -0.352 e. The van der Waals surface area contributed by atoms with Gasteiger partial charge in [-0.3, -0.25) is 9.59 Å². The van der Waals surface area contributed by atoms with Crippen LogP contribution in [0.1, 0.15) is 24.0 Å². The fourth-order valence-corrected chi connectivity index (χ4v) is 2.30. The van der Waals surface area contributed by atoms with Crippen molar-refractivity contribution in [1.29, 1.82) is 5.26 Å². The number of nitrogens with zero attached hydrogens (tertiary/aromatic N) is 1. The van der Waals surface area contributed by atoms with Gasteiger partial charge in [0.25, 0.3) is 0 Å². The predicted octanol–water partition coefficient (Wildman–Crippen LogP) is 2.93. The molecule has 128 valence electrons. The lowest BCUT2D eigenvalue weighted by molar-refractivity contribution is -0.121. The molecule has 0 saturated heterocycles. The van der Waals surface area contributed by atoms with Crippen LogP contribution in [-0.2, 0) is 22.6 Å². The van der Waals surface area contributed by atoms with Gasteiger partial charge < -0.3 is 10.6 Å². The Labute approximate surface area is 145 Å². The molecule has 2 amide bonds. The van der Waals surface area contributed by atoms with E-state index in [9.17, 15) is 14.0 Å². The number of nitriles is 1. The van der Waals surface area contributed by atoms with E-state index in [2.05, 4.69) is 10.6 Å². The Morgan fingerprint density at radius 3 is 2.64 bits per heavy atom. The first-order chi connectivity index (χ1) is 12.1. The van der Waals surface area contributed by atoms with Crippen LogP contribution in [0, 0.1) is 17.1 Å². The molecule has 0 aromatic heterocycles. The van der Waals surface area contributed by atoms with Crippen molar-refractivity contribution < 1.29 is 14.0 Å². The Morgan fingerprint density at radius 1 is 1.08 bits per heavy atom. The number of halogens is 1. The second-order valence-corrected chi connectivity index (χ2v) is 5.45. The second kappa shape index (κ2) is 9.18. The fourth-order valence-electron chi connectivity index (χ4n) is 2.30. The first kappa shape index (κ1) is 18.1. The summed E-state index contributed by atoms with van der Waals surface area (Å²) in [6.07, 6.45) is 0.463. The quantitative estimate of drug-likeness (QED) is 0.814. The van der Waals surface area contributed by atoms with E-state index in [-0.39, 0.29) is 31.1 Å². The zero-order chi connectivity index (χ0) is 18.1. The van der Waals surface area contributed by atoms with E-state index in [1.165, 1.54) is 12.1 Å². The molecule has 0 atom stereocenters. The zero-order valence-electron chi connectivity index (χ0n) is 13.6. The Balaban J connectivity index is 1.87. The summed E-state index contributed by atoms with van der Waals surface area (Å²) in [4.78, 5) is 23.5. The molecule has 0 aliphatic carbocycles. The Hall–Kier alpha value is -3.20. The zero-order valence-corrected chi connectivity index (χ0v) is 13.6. The van der Waals surface area contributed by atoms with Crippen LogP contribution in [0.3, 0.4) is 0 Å². The van der Waals surface area contributed by atoms with Gasteiger partial charge in [-0.25, -0.2) is 4.39 Å². The maximum atomic E-state index is 13.1. The molecule has 25 heavy (non-hydrogen) atoms. The molecule has 0 saturated carbocycles. The lowest BCUT2D eigenvalue weighted by atomic mass is 10.1. The largest absolute Gasteiger partial charge is 0.352 e. The number of hydrogen-bond acceptors (Lipinski definition) is 3. The summed E-state index contributed by atoms with van der Waals surface area (Å²) in [5, 5.41) is 14.0. The van der Waals surface area contributed by atoms with Crippen molar-refractivity contribution in [3.8, 4) is 6.07 Å². The summed E-state index contributed by atoms with van der Waals surface area (Å²) in [5.41, 5.74) is 2.07. The highest BCUT2D eigenvalue weighted by molar-refractivity contribution is 5.92. The third-order valence-electron chi connectivity index (χ3n) is 3.54. The van der Waals surface area contributed by atoms with E-state index in [0.29, 0.717) is 12.1 Å². The van der Waals surface area contributed by atoms with Crippen LogP contribution < -0.4 is 10.6 Å². The van der Waals surface area contributed by atoms with Crippen LogP contribution in [0.5, 0.6) is 0 Å². The molecule has 5 nitrogen and oxygen atoms in total. The lowest BCUT2D eigenvalue weighted by Gasteiger charge is -2.11. The molecule has 0 spiro atoms. The van der Waals surface area contributed by atoms with Gasteiger partial charge in [0.05, 0.1) is 6.07 Å². The Morgan fingerprint density at radius 2 is 1.88 bits per heavy atom. The van der Waals surface area contributed by atoms with Gasteiger partial charge in [0.2, 0.25) is 11.8 Å². The topological polar surface area (TPSA) is 82.0 Å². The van der Waals surface area contributed by atoms with Crippen LogP contribution in [-0.4, -0.2) is 11.8 Å². The highest BCUT2D eigenvalue weighted by Crippen LogP contribution is 2.15. The summed E-state index contributed by atoms with van der Waals surface area (Å²) < 4.78 is 13.1. The number of amides is 2. The van der Waals surface area contributed by atoms with Crippen LogP contribution in [0.25, 0.3) is 0 Å². The molecule has 0 bridgehead atoms. The van der Waals surface area contributed by atoms with Crippen molar-refractivity contribution in [3.63, 3.8) is 0 Å². The molecule has 0 aliphatic heterocycles. The van der Waals surface area contributed by atoms with Crippen molar-refractivity contribution in [2.75, 3.05) is 5.32 Å². The van der Waals surface area contributed by atoms with Crippen LogP contribution in [0.2, 0.25) is 0 Å². The number of nitrogens with one attached hydrogen (secondary N) is 2. The molecule has 0 heterocycles. The molecule has 6 heteroatoms. The van der Waals surface area contributed by atoms with E-state index >= 15 is 0 Å². The van der Waals surface area contributed by atoms with E-state index < -0.39 is 5.91 Å². The first-order valence-corrected chi connectivity index (χ1v) is 7.84. The van der Waals surface area contributed by atoms with Gasteiger partial charge >= 0.3 is 0 Å². The van der Waals surface area contributed by atoms with E-state index in [0.717, 1.165) is 11.1 Å². The molecule has 0 fully saturated rings. The third kappa shape index (κ3) is 6.07. The van der Waals surface area contributed by atoms with Gasteiger partial charge in [-0.05, 0) is 35.7 Å². The number of rotatable bonds is 7.